The molecule has 4 heteroatoms. The molecule has 88 valence electrons. The van der Waals surface area contributed by atoms with Crippen LogP contribution in [0.25, 0.3) is 0 Å². The highest BCUT2D eigenvalue weighted by Crippen LogP contribution is 2.10. The second-order valence-corrected chi connectivity index (χ2v) is 3.63. The molecule has 0 bridgehead atoms. The molecule has 0 aliphatic rings. The highest BCUT2D eigenvalue weighted by Gasteiger charge is 2.10. The number of nitrogens with zero attached hydrogens (tertiary/aromatic N) is 3. The molecule has 1 heterocycles. The fourth-order valence-electron chi connectivity index (χ4n) is 1.72. The summed E-state index contributed by atoms with van der Waals surface area (Å²) in [7, 11) is 1.86. The van der Waals surface area contributed by atoms with Crippen molar-refractivity contribution in [2.24, 2.45) is 0 Å². The van der Waals surface area contributed by atoms with Crippen molar-refractivity contribution in [3.05, 3.63) is 48.9 Å². The summed E-state index contributed by atoms with van der Waals surface area (Å²) in [6.45, 7) is 3.00. The summed E-state index contributed by atoms with van der Waals surface area (Å²) in [4.78, 5) is 4.30. The molecule has 17 heavy (non-hydrogen) atoms. The fraction of sp³-hybridized carbons (Fsp3) is 0.231. The Hall–Kier alpha value is -2.10. The van der Waals surface area contributed by atoms with Crippen molar-refractivity contribution >= 4 is 11.5 Å². The van der Waals surface area contributed by atoms with E-state index in [1.54, 1.807) is 0 Å². The Balaban J connectivity index is 2.29. The SMILES string of the molecule is CCN(c1ccccc1)[n+]1ccc(NC)nc1. The second kappa shape index (κ2) is 5.30. The van der Waals surface area contributed by atoms with Gasteiger partial charge in [0, 0.05) is 13.1 Å². The van der Waals surface area contributed by atoms with Gasteiger partial charge in [-0.15, -0.1) is 4.68 Å². The Labute approximate surface area is 102 Å². The molecule has 1 aromatic carbocycles. The largest absolute Gasteiger partial charge is 0.352 e. The second-order valence-electron chi connectivity index (χ2n) is 3.63. The van der Waals surface area contributed by atoms with Gasteiger partial charge in [0.25, 0.3) is 0 Å². The predicted molar refractivity (Wildman–Crippen MR) is 68.8 cm³/mol. The van der Waals surface area contributed by atoms with E-state index >= 15 is 0 Å². The lowest BCUT2D eigenvalue weighted by molar-refractivity contribution is -0.686. The van der Waals surface area contributed by atoms with Gasteiger partial charge in [-0.1, -0.05) is 18.2 Å². The fourth-order valence-corrected chi connectivity index (χ4v) is 1.72. The van der Waals surface area contributed by atoms with E-state index in [-0.39, 0.29) is 0 Å². The molecule has 1 aromatic heterocycles. The first-order valence-corrected chi connectivity index (χ1v) is 5.73. The van der Waals surface area contributed by atoms with E-state index in [1.807, 2.05) is 48.5 Å². The highest BCUT2D eigenvalue weighted by atomic mass is 15.5. The zero-order valence-corrected chi connectivity index (χ0v) is 10.2. The average Bonchev–Trinajstić information content (AvgIpc) is 2.42. The van der Waals surface area contributed by atoms with E-state index in [1.165, 1.54) is 0 Å². The normalized spacial score (nSPS) is 10.0. The lowest BCUT2D eigenvalue weighted by Crippen LogP contribution is -2.54. The predicted octanol–water partition coefficient (Wildman–Crippen LogP) is 1.70. The zero-order chi connectivity index (χ0) is 12.1. The molecule has 0 saturated heterocycles. The summed E-state index contributed by atoms with van der Waals surface area (Å²) < 4.78 is 1.98. The van der Waals surface area contributed by atoms with Crippen molar-refractivity contribution in [2.45, 2.75) is 6.92 Å². The molecule has 0 spiro atoms. The van der Waals surface area contributed by atoms with Crippen molar-refractivity contribution in [3.63, 3.8) is 0 Å². The molecule has 0 saturated carbocycles. The molecular weight excluding hydrogens is 212 g/mol. The van der Waals surface area contributed by atoms with E-state index in [4.69, 9.17) is 0 Å². The first-order chi connectivity index (χ1) is 8.35. The van der Waals surface area contributed by atoms with Crippen LogP contribution in [0.4, 0.5) is 11.5 Å². The van der Waals surface area contributed by atoms with Crippen LogP contribution in [0.5, 0.6) is 0 Å². The third-order valence-electron chi connectivity index (χ3n) is 2.59. The number of para-hydroxylation sites is 1. The van der Waals surface area contributed by atoms with E-state index < -0.39 is 0 Å². The third kappa shape index (κ3) is 2.53. The number of rotatable bonds is 4. The minimum absolute atomic E-state index is 0.866. The molecule has 0 unspecified atom stereocenters. The summed E-state index contributed by atoms with van der Waals surface area (Å²) in [6.07, 6.45) is 3.80. The molecule has 2 rings (SSSR count). The van der Waals surface area contributed by atoms with Crippen LogP contribution in [0.15, 0.2) is 48.9 Å². The molecule has 4 nitrogen and oxygen atoms in total. The topological polar surface area (TPSA) is 32.0 Å². The molecule has 0 radical (unpaired) electrons. The van der Waals surface area contributed by atoms with Gasteiger partial charge >= 0.3 is 6.33 Å². The van der Waals surface area contributed by atoms with E-state index in [0.717, 1.165) is 18.1 Å². The van der Waals surface area contributed by atoms with Gasteiger partial charge in [-0.25, -0.2) is 5.01 Å². The Bertz CT molecular complexity index is 453. The van der Waals surface area contributed by atoms with Crippen molar-refractivity contribution in [2.75, 3.05) is 23.9 Å². The number of hydrogen-bond donors (Lipinski definition) is 1. The summed E-state index contributed by atoms with van der Waals surface area (Å²) in [6, 6.07) is 12.2. The number of aromatic nitrogens is 2. The van der Waals surface area contributed by atoms with Crippen LogP contribution in [0.3, 0.4) is 0 Å². The Morgan fingerprint density at radius 3 is 2.53 bits per heavy atom. The number of anilines is 2. The molecule has 0 amide bonds. The van der Waals surface area contributed by atoms with E-state index in [0.29, 0.717) is 0 Å². The van der Waals surface area contributed by atoms with Gasteiger partial charge in [0.15, 0.2) is 0 Å². The van der Waals surface area contributed by atoms with Crippen LogP contribution in [0.1, 0.15) is 6.92 Å². The molecule has 0 fully saturated rings. The van der Waals surface area contributed by atoms with Gasteiger partial charge in [-0.05, 0) is 24.0 Å². The Morgan fingerprint density at radius 2 is 2.00 bits per heavy atom. The monoisotopic (exact) mass is 229 g/mol. The van der Waals surface area contributed by atoms with Gasteiger partial charge in [0.05, 0.1) is 12.2 Å². The number of nitrogens with one attached hydrogen (secondary N) is 1. The van der Waals surface area contributed by atoms with E-state index in [9.17, 15) is 0 Å². The van der Waals surface area contributed by atoms with Gasteiger partial charge in [0.2, 0.25) is 5.82 Å². The highest BCUT2D eigenvalue weighted by molar-refractivity contribution is 5.42. The van der Waals surface area contributed by atoms with Crippen LogP contribution in [-0.4, -0.2) is 18.6 Å². The van der Waals surface area contributed by atoms with Crippen LogP contribution < -0.4 is 15.0 Å². The Morgan fingerprint density at radius 1 is 1.24 bits per heavy atom. The zero-order valence-electron chi connectivity index (χ0n) is 10.2. The maximum absolute atomic E-state index is 4.30. The lowest BCUT2D eigenvalue weighted by Gasteiger charge is -2.18. The first-order valence-electron chi connectivity index (χ1n) is 5.73. The summed E-state index contributed by atoms with van der Waals surface area (Å²) in [5.41, 5.74) is 1.15. The van der Waals surface area contributed by atoms with Crippen LogP contribution in [0.2, 0.25) is 0 Å². The van der Waals surface area contributed by atoms with Gasteiger partial charge in [0.1, 0.15) is 6.20 Å². The van der Waals surface area contributed by atoms with Crippen LogP contribution in [0, 0.1) is 0 Å². The Kier molecular flexibility index (Phi) is 3.55. The van der Waals surface area contributed by atoms with Gasteiger partial charge < -0.3 is 5.32 Å². The van der Waals surface area contributed by atoms with Crippen molar-refractivity contribution < 1.29 is 4.68 Å². The lowest BCUT2D eigenvalue weighted by atomic mass is 10.3. The standard InChI is InChI=1S/C13H16N4/c1-3-17(12-7-5-4-6-8-12)16-10-9-13(14-2)15-11-16/h4-11H,3H2,1-2H3/p+1. The van der Waals surface area contributed by atoms with Crippen molar-refractivity contribution in [1.82, 2.24) is 4.98 Å². The first kappa shape index (κ1) is 11.4. The molecule has 0 aliphatic carbocycles. The van der Waals surface area contributed by atoms with Crippen LogP contribution in [-0.2, 0) is 0 Å². The minimum Gasteiger partial charge on any atom is -0.352 e. The molecule has 0 atom stereocenters. The molecular formula is C13H17N4+. The molecule has 2 aromatic rings. The van der Waals surface area contributed by atoms with E-state index in [2.05, 4.69) is 34.4 Å². The average molecular weight is 229 g/mol. The maximum Gasteiger partial charge on any atom is 0.312 e. The van der Waals surface area contributed by atoms with Crippen molar-refractivity contribution in [1.29, 1.82) is 0 Å². The smallest absolute Gasteiger partial charge is 0.312 e. The van der Waals surface area contributed by atoms with Gasteiger partial charge in [-0.2, -0.15) is 0 Å². The van der Waals surface area contributed by atoms with Crippen molar-refractivity contribution in [3.8, 4) is 0 Å². The minimum atomic E-state index is 0.866. The summed E-state index contributed by atoms with van der Waals surface area (Å²) in [5, 5.41) is 5.15. The number of hydrogen-bond acceptors (Lipinski definition) is 3. The third-order valence-corrected chi connectivity index (χ3v) is 2.59. The number of benzene rings is 1. The summed E-state index contributed by atoms with van der Waals surface area (Å²) >= 11 is 0. The van der Waals surface area contributed by atoms with Gasteiger partial charge in [-0.3, -0.25) is 0 Å². The molecule has 1 N–H and O–H groups in total. The van der Waals surface area contributed by atoms with Crippen LogP contribution >= 0.6 is 0 Å². The quantitative estimate of drug-likeness (QED) is 0.810. The maximum atomic E-state index is 4.30. The molecule has 0 aliphatic heterocycles. The summed E-state index contributed by atoms with van der Waals surface area (Å²) in [5.74, 6) is 0.866.